The number of carbonyl (C=O) groups is 2. The molecule has 25 heteroatoms. The van der Waals surface area contributed by atoms with Crippen molar-refractivity contribution < 1.29 is 83.2 Å². The van der Waals surface area contributed by atoms with Gasteiger partial charge in [0.25, 0.3) is 11.8 Å². The molecule has 2 amide bonds. The van der Waals surface area contributed by atoms with E-state index in [1.807, 2.05) is 0 Å². The van der Waals surface area contributed by atoms with Gasteiger partial charge in [-0.05, 0) is 66.2 Å². The Morgan fingerprint density at radius 3 is 1.44 bits per heavy atom. The fraction of sp³-hybridized carbons (Fsp3) is 0.220. The number of aliphatic hydroxyl groups excluding tert-OH is 2. The number of hydrogen-bond acceptors (Lipinski definition) is 16. The monoisotopic (exact) mass is 1140 g/mol. The number of nitrogens with zero attached hydrogens (tertiary/aromatic N) is 3. The first-order valence-corrected chi connectivity index (χ1v) is 26.3. The van der Waals surface area contributed by atoms with Crippen LogP contribution in [0.5, 0.6) is 0 Å². The topological polar surface area (TPSA) is 297 Å². The zero-order chi connectivity index (χ0) is 50.1. The van der Waals surface area contributed by atoms with Crippen molar-refractivity contribution in [1.29, 1.82) is 0 Å². The molecule has 2 heterocycles. The van der Waals surface area contributed by atoms with E-state index in [0.29, 0.717) is 38.7 Å². The fourth-order valence-electron chi connectivity index (χ4n) is 6.04. The number of sulfonamides is 2. The predicted molar refractivity (Wildman–Crippen MR) is 233 cm³/mol. The van der Waals surface area contributed by atoms with Crippen LogP contribution in [0.25, 0.3) is 50.7 Å². The van der Waals surface area contributed by atoms with Gasteiger partial charge < -0.3 is 29.7 Å². The van der Waals surface area contributed by atoms with E-state index in [4.69, 9.17) is 27.9 Å². The summed E-state index contributed by atoms with van der Waals surface area (Å²) in [6, 6.07) is 16.9. The van der Waals surface area contributed by atoms with Crippen LogP contribution in [-0.4, -0.2) is 93.2 Å². The minimum atomic E-state index is -6.06. The molecule has 6 aromatic rings. The molecule has 20 nitrogen and oxygen atoms in total. The van der Waals surface area contributed by atoms with Crippen LogP contribution in [0.3, 0.4) is 0 Å². The summed E-state index contributed by atoms with van der Waals surface area (Å²) < 4.78 is 123. The number of fused-ring (bicyclic) bond motifs is 2. The van der Waals surface area contributed by atoms with Crippen LogP contribution in [-0.2, 0) is 49.0 Å². The number of anilines is 2. The van der Waals surface area contributed by atoms with Crippen molar-refractivity contribution in [3.63, 3.8) is 0 Å². The molecule has 0 spiro atoms. The van der Waals surface area contributed by atoms with Gasteiger partial charge in [0.1, 0.15) is 40.4 Å². The first-order valence-electron chi connectivity index (χ1n) is 18.4. The van der Waals surface area contributed by atoms with Gasteiger partial charge in [-0.3, -0.25) is 18.2 Å². The van der Waals surface area contributed by atoms with Gasteiger partial charge in [0.05, 0.1) is 48.7 Å². The Hall–Kier alpha value is -6.64. The maximum atomic E-state index is 13.3. The number of furan rings is 2. The van der Waals surface area contributed by atoms with Crippen LogP contribution in [0.4, 0.5) is 20.2 Å². The van der Waals surface area contributed by atoms with Crippen LogP contribution in [0.1, 0.15) is 37.9 Å². The number of nitroso groups, excluding NO2 is 1. The quantitative estimate of drug-likeness (QED) is 0.115. The first-order chi connectivity index (χ1) is 30.7. The van der Waals surface area contributed by atoms with E-state index >= 15 is 0 Å². The molecular formula is C41H43F2N5O15OsS2. The third-order valence-electron chi connectivity index (χ3n) is 9.22. The summed E-state index contributed by atoms with van der Waals surface area (Å²) >= 11 is -6.06. The zero-order valence-corrected chi connectivity index (χ0v) is 40.1. The number of carbonyl (C=O) groups excluding carboxylic acids is 2. The van der Waals surface area contributed by atoms with Gasteiger partial charge in [0.2, 0.25) is 20.0 Å². The van der Waals surface area contributed by atoms with E-state index in [0.717, 1.165) is 21.1 Å². The maximum absolute atomic E-state index is 13.3. The Balaban J connectivity index is 0.000000302. The zero-order valence-electron chi connectivity index (χ0n) is 36.0. The Morgan fingerprint density at radius 2 is 1.11 bits per heavy atom. The summed E-state index contributed by atoms with van der Waals surface area (Å²) in [6.45, 7) is 3.08. The first kappa shape index (κ1) is 53.7. The molecule has 0 fully saturated rings. The number of benzene rings is 4. The normalized spacial score (nSPS) is 11.7. The molecular weight excluding hydrogens is 1090 g/mol. The molecule has 0 radical (unpaired) electrons. The molecule has 2 aromatic heterocycles. The fourth-order valence-corrected chi connectivity index (χ4v) is 7.07. The standard InChI is InChI=1S/C20H21FN2O6S.C20H19FN2O4S.CH3NO.4O.Os/c1-22-20(26)18-14-8-13(16(25)10-24)15(23(2)30(3,27)28)9-17(14)29-19(18)11-4-6-12(21)7-5-11;1-5-12-10-15-17(11-16(12)23(3)28(4,25)26)27-19(18(15)20(24)22-2)13-6-8-14(21)9-7-13;1-2-3;;;;;/h4-9,16,24-25H,10H2,1-3H3,(H,22,26);5-11H,1H2,2-4H3,(H,22,24);1H3;;;;;. The van der Waals surface area contributed by atoms with E-state index in [1.165, 1.54) is 102 Å². The molecule has 0 aliphatic rings. The molecule has 0 saturated heterocycles. The van der Waals surface area contributed by atoms with Crippen molar-refractivity contribution in [2.24, 2.45) is 5.18 Å². The van der Waals surface area contributed by atoms with Crippen molar-refractivity contribution in [2.45, 2.75) is 6.10 Å². The van der Waals surface area contributed by atoms with E-state index in [2.05, 4.69) is 22.4 Å². The summed E-state index contributed by atoms with van der Waals surface area (Å²) in [7, 11) is -0.359. The summed E-state index contributed by atoms with van der Waals surface area (Å²) in [5.74, 6) is -1.30. The molecule has 4 aromatic carbocycles. The summed E-state index contributed by atoms with van der Waals surface area (Å²) in [4.78, 5) is 33.7. The van der Waals surface area contributed by atoms with Gasteiger partial charge in [0, 0.05) is 67.8 Å². The number of aliphatic hydroxyl groups is 2. The third-order valence-corrected chi connectivity index (χ3v) is 11.6. The van der Waals surface area contributed by atoms with Gasteiger partial charge in [-0.2, -0.15) is 4.91 Å². The molecule has 356 valence electrons. The summed E-state index contributed by atoms with van der Waals surface area (Å²) in [5.41, 5.74) is 2.98. The molecule has 66 heavy (non-hydrogen) atoms. The SMILES string of the molecule is C=Cc1cc2c(C(=O)NC)c(-c3ccc(F)cc3)oc2cc1N(C)S(C)(=O)=O.CN=O.CNC(=O)c1c(-c2ccc(F)cc2)oc2cc(N(C)S(C)(=O)=O)c(C(O)CO)cc12.[O]=[Os](=[O])(=[O])=[O]. The van der Waals surface area contributed by atoms with Crippen molar-refractivity contribution in [1.82, 2.24) is 10.6 Å². The van der Waals surface area contributed by atoms with Crippen molar-refractivity contribution >= 4 is 71.3 Å². The molecule has 4 N–H and O–H groups in total. The van der Waals surface area contributed by atoms with E-state index in [-0.39, 0.29) is 45.4 Å². The summed E-state index contributed by atoms with van der Waals surface area (Å²) in [5, 5.41) is 27.9. The Morgan fingerprint density at radius 1 is 0.758 bits per heavy atom. The number of halogens is 2. The van der Waals surface area contributed by atoms with Crippen molar-refractivity contribution in [2.75, 3.05) is 63.0 Å². The molecule has 1 unspecified atom stereocenters. The molecule has 0 aliphatic heterocycles. The molecule has 1 atom stereocenters. The average Bonchev–Trinajstić information content (AvgIpc) is 3.82. The van der Waals surface area contributed by atoms with E-state index < -0.39 is 65.1 Å². The number of nitrogens with one attached hydrogen (secondary N) is 2. The van der Waals surface area contributed by atoms with Crippen molar-refractivity contribution in [3.05, 3.63) is 118 Å². The van der Waals surface area contributed by atoms with Crippen LogP contribution >= 0.6 is 0 Å². The minimum absolute atomic E-state index is 0.0920. The molecule has 0 saturated carbocycles. The van der Waals surface area contributed by atoms with E-state index in [9.17, 15) is 45.4 Å². The van der Waals surface area contributed by atoms with Gasteiger partial charge in [0.15, 0.2) is 0 Å². The third kappa shape index (κ3) is 13.2. The van der Waals surface area contributed by atoms with Gasteiger partial charge >= 0.3 is 29.0 Å². The van der Waals surface area contributed by atoms with Crippen LogP contribution in [0, 0.1) is 16.5 Å². The van der Waals surface area contributed by atoms with Crippen LogP contribution in [0.15, 0.2) is 93.4 Å². The average molecular weight is 1140 g/mol. The Kier molecular flexibility index (Phi) is 17.9. The van der Waals surface area contributed by atoms with Gasteiger partial charge in [-0.25, -0.2) is 25.6 Å². The second-order valence-electron chi connectivity index (χ2n) is 13.5. The van der Waals surface area contributed by atoms with Crippen LogP contribution < -0.4 is 19.2 Å². The molecule has 6 rings (SSSR count). The van der Waals surface area contributed by atoms with Crippen LogP contribution in [0.2, 0.25) is 0 Å². The van der Waals surface area contributed by atoms with Crippen molar-refractivity contribution in [3.8, 4) is 22.6 Å². The Labute approximate surface area is 378 Å². The second-order valence-corrected chi connectivity index (χ2v) is 20.1. The van der Waals surface area contributed by atoms with Gasteiger partial charge in [-0.15, -0.1) is 0 Å². The predicted octanol–water partition coefficient (Wildman–Crippen LogP) is 5.56. The number of amides is 2. The number of rotatable bonds is 11. The second kappa shape index (κ2) is 22.0. The summed E-state index contributed by atoms with van der Waals surface area (Å²) in [6.07, 6.45) is 2.20. The molecule has 0 aliphatic carbocycles. The Bertz CT molecular complexity index is 3240. The molecule has 0 bridgehead atoms. The van der Waals surface area contributed by atoms with Gasteiger partial charge in [-0.1, -0.05) is 17.8 Å². The van der Waals surface area contributed by atoms with E-state index in [1.54, 1.807) is 12.1 Å². The number of hydrogen-bond donors (Lipinski definition) is 4.